The summed E-state index contributed by atoms with van der Waals surface area (Å²) in [6, 6.07) is 8.50. The average molecular weight is 236 g/mol. The van der Waals surface area contributed by atoms with Gasteiger partial charge >= 0.3 is 0 Å². The van der Waals surface area contributed by atoms with Crippen molar-refractivity contribution in [2.45, 2.75) is 26.3 Å². The van der Waals surface area contributed by atoms with Gasteiger partial charge in [0.25, 0.3) is 0 Å². The maximum atomic E-state index is 6.16. The van der Waals surface area contributed by atoms with Crippen molar-refractivity contribution in [1.82, 2.24) is 0 Å². The van der Waals surface area contributed by atoms with E-state index in [1.165, 1.54) is 11.3 Å². The van der Waals surface area contributed by atoms with Gasteiger partial charge in [0.1, 0.15) is 0 Å². The van der Waals surface area contributed by atoms with Crippen molar-refractivity contribution < 1.29 is 4.74 Å². The molecule has 0 unspecified atom stereocenters. The molecular weight excluding hydrogens is 212 g/mol. The smallest absolute Gasteiger partial charge is 0.0637 e. The molecule has 0 radical (unpaired) electrons. The second kappa shape index (κ2) is 7.30. The highest BCUT2D eigenvalue weighted by Crippen LogP contribution is 2.26. The van der Waals surface area contributed by atoms with E-state index in [9.17, 15) is 0 Å². The summed E-state index contributed by atoms with van der Waals surface area (Å²) in [4.78, 5) is 2.31. The van der Waals surface area contributed by atoms with Gasteiger partial charge in [0.15, 0.2) is 0 Å². The van der Waals surface area contributed by atoms with Crippen molar-refractivity contribution in [2.75, 3.05) is 31.7 Å². The fraction of sp³-hybridized carbons (Fsp3) is 0.571. The summed E-state index contributed by atoms with van der Waals surface area (Å²) in [5, 5.41) is 0. The van der Waals surface area contributed by atoms with Crippen LogP contribution in [0.25, 0.3) is 0 Å². The second-order valence-corrected chi connectivity index (χ2v) is 4.15. The summed E-state index contributed by atoms with van der Waals surface area (Å²) in [5.74, 6) is 0. The van der Waals surface area contributed by atoms with Gasteiger partial charge in [-0.3, -0.25) is 0 Å². The van der Waals surface area contributed by atoms with E-state index in [-0.39, 0.29) is 6.04 Å². The van der Waals surface area contributed by atoms with Crippen molar-refractivity contribution in [3.8, 4) is 0 Å². The molecule has 0 aliphatic heterocycles. The number of para-hydroxylation sites is 1. The van der Waals surface area contributed by atoms with Gasteiger partial charge in [0.05, 0.1) is 6.61 Å². The number of hydrogen-bond acceptors (Lipinski definition) is 3. The monoisotopic (exact) mass is 236 g/mol. The van der Waals surface area contributed by atoms with E-state index >= 15 is 0 Å². The number of nitrogens with zero attached hydrogens (tertiary/aromatic N) is 1. The van der Waals surface area contributed by atoms with Crippen molar-refractivity contribution in [2.24, 2.45) is 5.73 Å². The minimum Gasteiger partial charge on any atom is -0.383 e. The molecule has 0 saturated carbocycles. The largest absolute Gasteiger partial charge is 0.383 e. The van der Waals surface area contributed by atoms with E-state index in [1.54, 1.807) is 7.11 Å². The zero-order valence-corrected chi connectivity index (χ0v) is 11.1. The Morgan fingerprint density at radius 2 is 2.00 bits per heavy atom. The van der Waals surface area contributed by atoms with Crippen molar-refractivity contribution in [1.29, 1.82) is 0 Å². The molecule has 17 heavy (non-hydrogen) atoms. The lowest BCUT2D eigenvalue weighted by molar-refractivity contribution is 0.205. The highest BCUT2D eigenvalue weighted by atomic mass is 16.5. The first-order chi connectivity index (χ1) is 8.24. The number of benzene rings is 1. The molecule has 0 spiro atoms. The molecule has 0 fully saturated rings. The molecule has 1 atom stereocenters. The molecule has 0 aliphatic carbocycles. The Morgan fingerprint density at radius 1 is 1.29 bits per heavy atom. The number of anilines is 1. The van der Waals surface area contributed by atoms with Gasteiger partial charge in [-0.05, 0) is 25.0 Å². The summed E-state index contributed by atoms with van der Waals surface area (Å²) >= 11 is 0. The topological polar surface area (TPSA) is 38.5 Å². The Hall–Kier alpha value is -1.06. The van der Waals surface area contributed by atoms with Crippen LogP contribution in [0.1, 0.15) is 31.9 Å². The van der Waals surface area contributed by atoms with Crippen LogP contribution in [-0.2, 0) is 4.74 Å². The number of methoxy groups -OCH3 is 1. The van der Waals surface area contributed by atoms with Gasteiger partial charge in [-0.25, -0.2) is 0 Å². The highest BCUT2D eigenvalue weighted by Gasteiger charge is 2.13. The number of hydrogen-bond donors (Lipinski definition) is 1. The highest BCUT2D eigenvalue weighted by molar-refractivity contribution is 5.54. The lowest BCUT2D eigenvalue weighted by Gasteiger charge is -2.27. The van der Waals surface area contributed by atoms with Crippen LogP contribution in [0, 0.1) is 0 Å². The molecule has 96 valence electrons. The minimum atomic E-state index is 0.114. The average Bonchev–Trinajstić information content (AvgIpc) is 2.39. The Labute approximate surface area is 105 Å². The number of likely N-dealkylation sites (N-methyl/N-ethyl adjacent to an activating group) is 1. The van der Waals surface area contributed by atoms with E-state index in [1.807, 2.05) is 0 Å². The minimum absolute atomic E-state index is 0.114. The van der Waals surface area contributed by atoms with Crippen LogP contribution in [0.4, 0.5) is 5.69 Å². The molecule has 2 N–H and O–H groups in total. The van der Waals surface area contributed by atoms with Crippen LogP contribution >= 0.6 is 0 Å². The van der Waals surface area contributed by atoms with Crippen LogP contribution < -0.4 is 10.6 Å². The van der Waals surface area contributed by atoms with E-state index in [0.29, 0.717) is 0 Å². The first-order valence-corrected chi connectivity index (χ1v) is 6.32. The molecular formula is C14H24N2O. The van der Waals surface area contributed by atoms with Crippen molar-refractivity contribution >= 4 is 5.69 Å². The third-order valence-corrected chi connectivity index (χ3v) is 3.06. The SMILES string of the molecule is CC[C@H](N)c1ccccc1N(CC)CCOC. The van der Waals surface area contributed by atoms with Gasteiger partial charge in [-0.2, -0.15) is 0 Å². The van der Waals surface area contributed by atoms with E-state index < -0.39 is 0 Å². The number of rotatable bonds is 7. The molecule has 0 bridgehead atoms. The molecule has 0 heterocycles. The Balaban J connectivity index is 2.93. The third-order valence-electron chi connectivity index (χ3n) is 3.06. The van der Waals surface area contributed by atoms with Crippen LogP contribution in [0.3, 0.4) is 0 Å². The summed E-state index contributed by atoms with van der Waals surface area (Å²) in [7, 11) is 1.73. The van der Waals surface area contributed by atoms with Gasteiger partial charge in [0, 0.05) is 31.9 Å². The van der Waals surface area contributed by atoms with Gasteiger partial charge in [-0.15, -0.1) is 0 Å². The fourth-order valence-corrected chi connectivity index (χ4v) is 1.96. The quantitative estimate of drug-likeness (QED) is 0.790. The van der Waals surface area contributed by atoms with Crippen molar-refractivity contribution in [3.63, 3.8) is 0 Å². The molecule has 1 aromatic rings. The molecule has 0 aromatic heterocycles. The second-order valence-electron chi connectivity index (χ2n) is 4.15. The van der Waals surface area contributed by atoms with E-state index in [4.69, 9.17) is 10.5 Å². The number of nitrogens with two attached hydrogens (primary N) is 1. The van der Waals surface area contributed by atoms with E-state index in [0.717, 1.165) is 26.1 Å². The normalized spacial score (nSPS) is 12.5. The number of ether oxygens (including phenoxy) is 1. The zero-order valence-electron chi connectivity index (χ0n) is 11.1. The zero-order chi connectivity index (χ0) is 12.7. The van der Waals surface area contributed by atoms with Gasteiger partial charge in [-0.1, -0.05) is 25.1 Å². The molecule has 1 rings (SSSR count). The summed E-state index contributed by atoms with van der Waals surface area (Å²) in [5.41, 5.74) is 8.63. The first kappa shape index (κ1) is 14.0. The van der Waals surface area contributed by atoms with Crippen LogP contribution in [0.5, 0.6) is 0 Å². The first-order valence-electron chi connectivity index (χ1n) is 6.32. The predicted molar refractivity (Wildman–Crippen MR) is 73.4 cm³/mol. The van der Waals surface area contributed by atoms with Crippen LogP contribution in [0.15, 0.2) is 24.3 Å². The maximum absolute atomic E-state index is 6.16. The Morgan fingerprint density at radius 3 is 2.59 bits per heavy atom. The summed E-state index contributed by atoms with van der Waals surface area (Å²) in [6.07, 6.45) is 0.957. The molecule has 3 heteroatoms. The lowest BCUT2D eigenvalue weighted by Crippen LogP contribution is -2.28. The maximum Gasteiger partial charge on any atom is 0.0637 e. The van der Waals surface area contributed by atoms with Crippen LogP contribution in [-0.4, -0.2) is 26.8 Å². The molecule has 0 amide bonds. The summed E-state index contributed by atoms with van der Waals surface area (Å²) in [6.45, 7) is 6.89. The standard InChI is InChI=1S/C14H24N2O/c1-4-13(15)12-8-6-7-9-14(12)16(5-2)10-11-17-3/h6-9,13H,4-5,10-11,15H2,1-3H3/t13-/m0/s1. The van der Waals surface area contributed by atoms with Crippen LogP contribution in [0.2, 0.25) is 0 Å². The van der Waals surface area contributed by atoms with E-state index in [2.05, 4.69) is 43.0 Å². The lowest BCUT2D eigenvalue weighted by atomic mass is 10.0. The summed E-state index contributed by atoms with van der Waals surface area (Å²) < 4.78 is 5.15. The Kier molecular flexibility index (Phi) is 6.01. The van der Waals surface area contributed by atoms with Crippen molar-refractivity contribution in [3.05, 3.63) is 29.8 Å². The molecule has 0 aliphatic rings. The fourth-order valence-electron chi connectivity index (χ4n) is 1.96. The van der Waals surface area contributed by atoms with Gasteiger partial charge < -0.3 is 15.4 Å². The third kappa shape index (κ3) is 3.72. The predicted octanol–water partition coefficient (Wildman–Crippen LogP) is 2.57. The molecule has 0 saturated heterocycles. The Bertz CT molecular complexity index is 328. The molecule has 1 aromatic carbocycles. The molecule has 3 nitrogen and oxygen atoms in total. The van der Waals surface area contributed by atoms with Gasteiger partial charge in [0.2, 0.25) is 0 Å².